The quantitative estimate of drug-likeness (QED) is 0.319. The predicted octanol–water partition coefficient (Wildman–Crippen LogP) is -2.52. The summed E-state index contributed by atoms with van der Waals surface area (Å²) in [5.74, 6) is 0. The molecule has 0 bridgehead atoms. The van der Waals surface area contributed by atoms with E-state index in [0.717, 1.165) is 0 Å². The van der Waals surface area contributed by atoms with Gasteiger partial charge in [-0.25, -0.2) is 25.3 Å². The van der Waals surface area contributed by atoms with Crippen LogP contribution in [0.4, 0.5) is 0 Å². The van der Waals surface area contributed by atoms with Gasteiger partial charge in [0, 0.05) is 39.2 Å². The second-order valence-electron chi connectivity index (χ2n) is 2.11. The Morgan fingerprint density at radius 1 is 0.562 bits per heavy atom. The van der Waals surface area contributed by atoms with Crippen molar-refractivity contribution in [3.05, 3.63) is 0 Å². The van der Waals surface area contributed by atoms with Crippen molar-refractivity contribution in [1.29, 1.82) is 0 Å². The molecular formula is C3H9O9PdS3-3. The van der Waals surface area contributed by atoms with Crippen LogP contribution in [0.3, 0.4) is 0 Å². The third kappa shape index (κ3) is 16800. The van der Waals surface area contributed by atoms with Crippen molar-refractivity contribution in [3.63, 3.8) is 0 Å². The van der Waals surface area contributed by atoms with Crippen LogP contribution in [0, 0.1) is 0 Å². The minimum atomic E-state index is -3.92. The summed E-state index contributed by atoms with van der Waals surface area (Å²) < 4.78 is 81.7. The fourth-order valence-electron chi connectivity index (χ4n) is 0. The summed E-state index contributed by atoms with van der Waals surface area (Å²) in [5, 5.41) is 0. The second kappa shape index (κ2) is 9.43. The number of hydrogen-bond acceptors (Lipinski definition) is 9. The van der Waals surface area contributed by atoms with Gasteiger partial charge in [0.1, 0.15) is 0 Å². The molecular weight excluding hydrogens is 383 g/mol. The van der Waals surface area contributed by atoms with E-state index in [-0.39, 0.29) is 20.4 Å². The standard InChI is InChI=1S/3CH4O3S.Pd/c3*1-5(2,3)4;/h3*1H3,(H,2,3,4);/p-3. The van der Waals surface area contributed by atoms with Gasteiger partial charge in [0.05, 0.1) is 30.4 Å². The third-order valence-electron chi connectivity index (χ3n) is 0. The van der Waals surface area contributed by atoms with E-state index in [4.69, 9.17) is 38.9 Å². The van der Waals surface area contributed by atoms with Gasteiger partial charge >= 0.3 is 0 Å². The molecule has 0 aliphatic heterocycles. The zero-order valence-electron chi connectivity index (χ0n) is 8.22. The molecule has 0 aliphatic carbocycles. The molecule has 0 spiro atoms. The number of hydrogen-bond donors (Lipinski definition) is 0. The van der Waals surface area contributed by atoms with Crippen LogP contribution in [0.2, 0.25) is 0 Å². The molecule has 0 amide bonds. The van der Waals surface area contributed by atoms with Crippen LogP contribution < -0.4 is 0 Å². The molecule has 0 aromatic rings. The first-order valence-electron chi connectivity index (χ1n) is 2.72. The SMILES string of the molecule is CS(=O)(=O)[O-].CS(=O)(=O)[O-].CS(=O)(=O)[O-].[Pd]. The Hall–Kier alpha value is 0.392. The largest absolute Gasteiger partial charge is 0.748 e. The van der Waals surface area contributed by atoms with Crippen LogP contribution in [0.15, 0.2) is 0 Å². The zero-order valence-corrected chi connectivity index (χ0v) is 12.2. The summed E-state index contributed by atoms with van der Waals surface area (Å²) in [6.07, 6.45) is 1.81. The third-order valence-corrected chi connectivity index (χ3v) is 0. The monoisotopic (exact) mass is 391 g/mol. The molecule has 0 N–H and O–H groups in total. The summed E-state index contributed by atoms with van der Waals surface area (Å²) in [4.78, 5) is 0. The van der Waals surface area contributed by atoms with Crippen molar-refractivity contribution in [2.45, 2.75) is 0 Å². The molecule has 0 saturated carbocycles. The van der Waals surface area contributed by atoms with Gasteiger partial charge in [-0.15, -0.1) is 0 Å². The van der Waals surface area contributed by atoms with E-state index in [1.54, 1.807) is 0 Å². The van der Waals surface area contributed by atoms with Crippen molar-refractivity contribution in [2.24, 2.45) is 0 Å². The van der Waals surface area contributed by atoms with Crippen molar-refractivity contribution in [2.75, 3.05) is 18.8 Å². The summed E-state index contributed by atoms with van der Waals surface area (Å²) in [6.45, 7) is 0. The molecule has 0 heterocycles. The van der Waals surface area contributed by atoms with Gasteiger partial charge in [0.25, 0.3) is 0 Å². The molecule has 9 nitrogen and oxygen atoms in total. The minimum absolute atomic E-state index is 0. The first kappa shape index (κ1) is 25.3. The van der Waals surface area contributed by atoms with Gasteiger partial charge in [-0.05, 0) is 0 Å². The molecule has 16 heavy (non-hydrogen) atoms. The molecule has 0 aromatic carbocycles. The van der Waals surface area contributed by atoms with E-state index in [1.807, 2.05) is 0 Å². The van der Waals surface area contributed by atoms with E-state index in [2.05, 4.69) is 0 Å². The minimum Gasteiger partial charge on any atom is -0.748 e. The van der Waals surface area contributed by atoms with Crippen LogP contribution >= 0.6 is 0 Å². The van der Waals surface area contributed by atoms with Gasteiger partial charge in [0.15, 0.2) is 0 Å². The van der Waals surface area contributed by atoms with Gasteiger partial charge in [-0.2, -0.15) is 0 Å². The van der Waals surface area contributed by atoms with Gasteiger partial charge in [0.2, 0.25) is 0 Å². The van der Waals surface area contributed by atoms with Crippen LogP contribution in [-0.4, -0.2) is 57.7 Å². The van der Waals surface area contributed by atoms with E-state index in [1.165, 1.54) is 0 Å². The average molecular weight is 392 g/mol. The molecule has 106 valence electrons. The summed E-state index contributed by atoms with van der Waals surface area (Å²) in [5.41, 5.74) is 0. The maximum absolute atomic E-state index is 9.08. The summed E-state index contributed by atoms with van der Waals surface area (Å²) in [6, 6.07) is 0. The normalized spacial score (nSPS) is 10.9. The first-order chi connectivity index (χ1) is 6.00. The summed E-state index contributed by atoms with van der Waals surface area (Å²) in [7, 11) is -11.8. The van der Waals surface area contributed by atoms with Crippen LogP contribution in [0.25, 0.3) is 0 Å². The Bertz CT molecular complexity index is 347. The van der Waals surface area contributed by atoms with Crippen molar-refractivity contribution >= 4 is 30.4 Å². The fourth-order valence-corrected chi connectivity index (χ4v) is 0. The van der Waals surface area contributed by atoms with E-state index in [9.17, 15) is 0 Å². The second-order valence-corrected chi connectivity index (χ2v) is 6.34. The van der Waals surface area contributed by atoms with Crippen molar-refractivity contribution in [1.82, 2.24) is 0 Å². The summed E-state index contributed by atoms with van der Waals surface area (Å²) >= 11 is 0. The molecule has 0 unspecified atom stereocenters. The Morgan fingerprint density at radius 3 is 0.562 bits per heavy atom. The Kier molecular flexibility index (Phi) is 14.9. The average Bonchev–Trinajstić information content (AvgIpc) is 1.41. The molecule has 0 aromatic heterocycles. The van der Waals surface area contributed by atoms with Gasteiger partial charge in [-0.3, -0.25) is 0 Å². The first-order valence-corrected chi connectivity index (χ1v) is 8.17. The smallest absolute Gasteiger partial charge is 0.0916 e. The Labute approximate surface area is 108 Å². The van der Waals surface area contributed by atoms with Crippen LogP contribution in [0.5, 0.6) is 0 Å². The topological polar surface area (TPSA) is 172 Å². The van der Waals surface area contributed by atoms with Crippen LogP contribution in [-0.2, 0) is 50.8 Å². The van der Waals surface area contributed by atoms with Crippen molar-refractivity contribution in [3.8, 4) is 0 Å². The maximum atomic E-state index is 9.08. The van der Waals surface area contributed by atoms with E-state index >= 15 is 0 Å². The molecule has 0 rings (SSSR count). The Balaban J connectivity index is -0.0000000655. The Morgan fingerprint density at radius 2 is 0.562 bits per heavy atom. The molecule has 0 aliphatic rings. The molecule has 0 saturated heterocycles. The van der Waals surface area contributed by atoms with Gasteiger partial charge < -0.3 is 13.7 Å². The molecule has 0 fully saturated rings. The molecule has 0 atom stereocenters. The predicted molar refractivity (Wildman–Crippen MR) is 46.9 cm³/mol. The van der Waals surface area contributed by atoms with Gasteiger partial charge in [-0.1, -0.05) is 0 Å². The zero-order chi connectivity index (χ0) is 13.5. The fraction of sp³-hybridized carbons (Fsp3) is 1.00. The maximum Gasteiger partial charge on any atom is 0.0916 e. The molecule has 13 heteroatoms. The van der Waals surface area contributed by atoms with Crippen molar-refractivity contribution < 1.29 is 59.3 Å². The van der Waals surface area contributed by atoms with Crippen LogP contribution in [0.1, 0.15) is 0 Å². The van der Waals surface area contributed by atoms with E-state index in [0.29, 0.717) is 18.8 Å². The van der Waals surface area contributed by atoms with E-state index < -0.39 is 30.4 Å². The number of rotatable bonds is 0. The molecule has 0 radical (unpaired) electrons.